The highest BCUT2D eigenvalue weighted by Crippen LogP contribution is 2.29. The number of nitrogens with two attached hydrogens (primary N) is 1. The average Bonchev–Trinajstić information content (AvgIpc) is 2.80. The van der Waals surface area contributed by atoms with Crippen molar-refractivity contribution < 1.29 is 0 Å². The van der Waals surface area contributed by atoms with E-state index in [4.69, 9.17) is 17.3 Å². The molecule has 5 nitrogen and oxygen atoms in total. The predicted molar refractivity (Wildman–Crippen MR) is 140 cm³/mol. The molecule has 178 valence electrons. The van der Waals surface area contributed by atoms with Gasteiger partial charge in [-0.15, -0.1) is 0 Å². The van der Waals surface area contributed by atoms with Crippen molar-refractivity contribution in [3.63, 3.8) is 0 Å². The van der Waals surface area contributed by atoms with E-state index in [0.717, 1.165) is 18.7 Å². The van der Waals surface area contributed by atoms with Crippen LogP contribution in [0.15, 0.2) is 30.6 Å². The van der Waals surface area contributed by atoms with Crippen molar-refractivity contribution in [1.82, 2.24) is 9.97 Å². The van der Waals surface area contributed by atoms with E-state index in [1.165, 1.54) is 89.8 Å². The van der Waals surface area contributed by atoms with Crippen LogP contribution in [0.4, 0.5) is 23.0 Å². The summed E-state index contributed by atoms with van der Waals surface area (Å²) < 4.78 is 0. The fourth-order valence-electron chi connectivity index (χ4n) is 3.85. The molecular weight excluding hydrogens is 418 g/mol. The smallest absolute Gasteiger partial charge is 0.159 e. The number of nitrogens with zero attached hydrogens (tertiary/aromatic N) is 2. The Balaban J connectivity index is 1.51. The molecule has 0 unspecified atom stereocenters. The number of nitrogens with one attached hydrogen (secondary N) is 2. The topological polar surface area (TPSA) is 75.9 Å². The largest absolute Gasteiger partial charge is 0.393 e. The summed E-state index contributed by atoms with van der Waals surface area (Å²) in [5, 5.41) is 7.16. The minimum atomic E-state index is 0.512. The Kier molecular flexibility index (Phi) is 13.6. The Labute approximate surface area is 200 Å². The van der Waals surface area contributed by atoms with Gasteiger partial charge >= 0.3 is 0 Å². The third-order valence-corrected chi connectivity index (χ3v) is 6.16. The van der Waals surface area contributed by atoms with Crippen LogP contribution in [0.25, 0.3) is 0 Å². The second-order valence-corrected chi connectivity index (χ2v) is 9.02. The maximum atomic E-state index is 6.25. The SMILES string of the molecule is CCCCCCCCCCCCCCCCNc1ncnc(Nc2ccccc2Cl)c1N. The summed E-state index contributed by atoms with van der Waals surface area (Å²) in [7, 11) is 0. The van der Waals surface area contributed by atoms with Crippen LogP contribution in [-0.2, 0) is 0 Å². The van der Waals surface area contributed by atoms with Crippen molar-refractivity contribution in [3.8, 4) is 0 Å². The molecule has 0 spiro atoms. The summed E-state index contributed by atoms with van der Waals surface area (Å²) in [6, 6.07) is 7.53. The third-order valence-electron chi connectivity index (χ3n) is 5.83. The fraction of sp³-hybridized carbons (Fsp3) is 0.615. The summed E-state index contributed by atoms with van der Waals surface area (Å²) in [6.07, 6.45) is 20.6. The number of rotatable bonds is 18. The maximum Gasteiger partial charge on any atom is 0.159 e. The first-order chi connectivity index (χ1) is 15.7. The van der Waals surface area contributed by atoms with Crippen molar-refractivity contribution in [1.29, 1.82) is 0 Å². The van der Waals surface area contributed by atoms with Crippen LogP contribution < -0.4 is 16.4 Å². The first kappa shape index (κ1) is 26.2. The highest BCUT2D eigenvalue weighted by molar-refractivity contribution is 6.33. The van der Waals surface area contributed by atoms with Crippen LogP contribution in [0.1, 0.15) is 96.8 Å². The van der Waals surface area contributed by atoms with E-state index >= 15 is 0 Å². The second-order valence-electron chi connectivity index (χ2n) is 8.61. The van der Waals surface area contributed by atoms with Crippen molar-refractivity contribution in [3.05, 3.63) is 35.6 Å². The molecule has 2 aromatic rings. The summed E-state index contributed by atoms with van der Waals surface area (Å²) in [4.78, 5) is 8.54. The molecule has 0 fully saturated rings. The summed E-state index contributed by atoms with van der Waals surface area (Å²) >= 11 is 6.21. The summed E-state index contributed by atoms with van der Waals surface area (Å²) in [5.41, 5.74) is 7.54. The van der Waals surface area contributed by atoms with Gasteiger partial charge in [0.1, 0.15) is 12.0 Å². The van der Waals surface area contributed by atoms with E-state index in [1.54, 1.807) is 0 Å². The average molecular weight is 460 g/mol. The Morgan fingerprint density at radius 3 is 1.88 bits per heavy atom. The van der Waals surface area contributed by atoms with Crippen molar-refractivity contribution in [2.45, 2.75) is 96.8 Å². The zero-order valence-electron chi connectivity index (χ0n) is 19.8. The van der Waals surface area contributed by atoms with Crippen molar-refractivity contribution >= 4 is 34.6 Å². The molecule has 1 aromatic heterocycles. The van der Waals surface area contributed by atoms with E-state index in [2.05, 4.69) is 27.5 Å². The lowest BCUT2D eigenvalue weighted by Crippen LogP contribution is -2.09. The Morgan fingerprint density at radius 2 is 1.28 bits per heavy atom. The zero-order chi connectivity index (χ0) is 22.9. The Hall–Kier alpha value is -2.01. The van der Waals surface area contributed by atoms with Crippen LogP contribution in [0, 0.1) is 0 Å². The summed E-state index contributed by atoms with van der Waals surface area (Å²) in [5.74, 6) is 1.24. The van der Waals surface area contributed by atoms with Crippen LogP contribution in [-0.4, -0.2) is 16.5 Å². The van der Waals surface area contributed by atoms with Gasteiger partial charge in [-0.25, -0.2) is 9.97 Å². The summed E-state index contributed by atoms with van der Waals surface area (Å²) in [6.45, 7) is 3.15. The Morgan fingerprint density at radius 1 is 0.750 bits per heavy atom. The standard InChI is InChI=1S/C26H42ClN5/c1-2-3-4-5-6-7-8-9-10-11-12-13-14-17-20-29-25-24(28)26(31-21-30-25)32-23-19-16-15-18-22(23)27/h15-16,18-19,21H,2-14,17,20,28H2,1H3,(H2,29,30,31,32). The molecule has 0 aliphatic rings. The molecule has 0 aliphatic carbocycles. The number of anilines is 4. The third kappa shape index (κ3) is 10.5. The highest BCUT2D eigenvalue weighted by atomic mass is 35.5. The van der Waals surface area contributed by atoms with Gasteiger partial charge in [-0.1, -0.05) is 114 Å². The molecule has 0 bridgehead atoms. The van der Waals surface area contributed by atoms with Gasteiger partial charge in [-0.05, 0) is 18.6 Å². The monoisotopic (exact) mass is 459 g/mol. The van der Waals surface area contributed by atoms with Gasteiger partial charge < -0.3 is 16.4 Å². The van der Waals surface area contributed by atoms with Gasteiger partial charge in [-0.2, -0.15) is 0 Å². The maximum absolute atomic E-state index is 6.25. The molecule has 0 atom stereocenters. The first-order valence-corrected chi connectivity index (χ1v) is 13.0. The first-order valence-electron chi connectivity index (χ1n) is 12.6. The number of hydrogen-bond donors (Lipinski definition) is 3. The normalized spacial score (nSPS) is 10.9. The Bertz CT molecular complexity index is 753. The van der Waals surface area contributed by atoms with Gasteiger partial charge in [0.05, 0.1) is 10.7 Å². The van der Waals surface area contributed by atoms with Crippen LogP contribution in [0.2, 0.25) is 5.02 Å². The predicted octanol–water partition coefficient (Wildman–Crippen LogP) is 8.35. The van der Waals surface area contributed by atoms with Gasteiger partial charge in [0.2, 0.25) is 0 Å². The molecule has 0 radical (unpaired) electrons. The minimum Gasteiger partial charge on any atom is -0.393 e. The molecule has 2 rings (SSSR count). The molecule has 0 aliphatic heterocycles. The number of halogens is 1. The lowest BCUT2D eigenvalue weighted by Gasteiger charge is -2.13. The lowest BCUT2D eigenvalue weighted by molar-refractivity contribution is 0.537. The molecule has 1 aromatic carbocycles. The molecule has 1 heterocycles. The van der Waals surface area contributed by atoms with E-state index in [-0.39, 0.29) is 0 Å². The van der Waals surface area contributed by atoms with E-state index in [1.807, 2.05) is 24.3 Å². The minimum absolute atomic E-state index is 0.512. The zero-order valence-corrected chi connectivity index (χ0v) is 20.6. The molecular formula is C26H42ClN5. The van der Waals surface area contributed by atoms with Crippen LogP contribution in [0.5, 0.6) is 0 Å². The van der Waals surface area contributed by atoms with Crippen molar-refractivity contribution in [2.24, 2.45) is 0 Å². The molecule has 6 heteroatoms. The molecule has 4 N–H and O–H groups in total. The molecule has 0 amide bonds. The van der Waals surface area contributed by atoms with Gasteiger partial charge in [0, 0.05) is 6.54 Å². The number of aromatic nitrogens is 2. The lowest BCUT2D eigenvalue weighted by atomic mass is 10.0. The fourth-order valence-corrected chi connectivity index (χ4v) is 4.04. The van der Waals surface area contributed by atoms with E-state index < -0.39 is 0 Å². The van der Waals surface area contributed by atoms with Crippen LogP contribution in [0.3, 0.4) is 0 Å². The molecule has 0 saturated carbocycles. The number of unbranched alkanes of at least 4 members (excludes halogenated alkanes) is 13. The van der Waals surface area contributed by atoms with Crippen molar-refractivity contribution in [2.75, 3.05) is 22.9 Å². The van der Waals surface area contributed by atoms with Gasteiger partial charge in [0.25, 0.3) is 0 Å². The number of benzene rings is 1. The highest BCUT2D eigenvalue weighted by Gasteiger charge is 2.09. The van der Waals surface area contributed by atoms with E-state index in [0.29, 0.717) is 22.3 Å². The van der Waals surface area contributed by atoms with Gasteiger partial charge in [-0.3, -0.25) is 0 Å². The number of nitrogen functional groups attached to an aromatic ring is 1. The number of hydrogen-bond acceptors (Lipinski definition) is 5. The quantitative estimate of drug-likeness (QED) is 0.195. The molecule has 32 heavy (non-hydrogen) atoms. The van der Waals surface area contributed by atoms with E-state index in [9.17, 15) is 0 Å². The second kappa shape index (κ2) is 16.6. The number of para-hydroxylation sites is 1. The van der Waals surface area contributed by atoms with Gasteiger partial charge in [0.15, 0.2) is 11.6 Å². The molecule has 0 saturated heterocycles. The van der Waals surface area contributed by atoms with Crippen LogP contribution >= 0.6 is 11.6 Å².